The summed E-state index contributed by atoms with van der Waals surface area (Å²) < 4.78 is 1.96. The van der Waals surface area contributed by atoms with Crippen LogP contribution in [0.5, 0.6) is 0 Å². The second-order valence-corrected chi connectivity index (χ2v) is 4.85. The highest BCUT2D eigenvalue weighted by Gasteiger charge is 2.30. The zero-order valence-corrected chi connectivity index (χ0v) is 11.4. The van der Waals surface area contributed by atoms with Gasteiger partial charge in [0.1, 0.15) is 11.9 Å². The molecule has 20 heavy (non-hydrogen) atoms. The van der Waals surface area contributed by atoms with E-state index >= 15 is 0 Å². The maximum absolute atomic E-state index is 12.6. The Balaban J connectivity index is 1.90. The number of carbonyl (C=O) groups excluding carboxylic acids is 1. The van der Waals surface area contributed by atoms with Crippen LogP contribution in [0.4, 0.5) is 0 Å². The van der Waals surface area contributed by atoms with Crippen molar-refractivity contribution in [1.29, 1.82) is 0 Å². The van der Waals surface area contributed by atoms with Gasteiger partial charge < -0.3 is 14.8 Å². The fourth-order valence-corrected chi connectivity index (χ4v) is 2.54. The van der Waals surface area contributed by atoms with Crippen molar-refractivity contribution >= 4 is 5.91 Å². The van der Waals surface area contributed by atoms with Gasteiger partial charge in [-0.05, 0) is 12.1 Å². The van der Waals surface area contributed by atoms with E-state index in [2.05, 4.69) is 15.3 Å². The highest BCUT2D eigenvalue weighted by molar-refractivity contribution is 5.94. The minimum absolute atomic E-state index is 0.0295. The summed E-state index contributed by atoms with van der Waals surface area (Å²) in [5.74, 6) is 0.932. The van der Waals surface area contributed by atoms with E-state index < -0.39 is 0 Å². The first-order valence-corrected chi connectivity index (χ1v) is 6.66. The van der Waals surface area contributed by atoms with Crippen LogP contribution < -0.4 is 5.32 Å². The standard InChI is InChI=1S/C14H17N5O/c1-18-8-7-17-13(18)12-10-16-6-9-19(12)14(20)11-2-4-15-5-3-11/h2-5,7-8,12,16H,6,9-10H2,1H3. The molecule has 2 aromatic heterocycles. The first-order chi connectivity index (χ1) is 9.77. The van der Waals surface area contributed by atoms with Gasteiger partial charge in [-0.3, -0.25) is 9.78 Å². The minimum atomic E-state index is -0.0376. The number of amides is 1. The smallest absolute Gasteiger partial charge is 0.254 e. The predicted molar refractivity (Wildman–Crippen MR) is 74.1 cm³/mol. The Morgan fingerprint density at radius 2 is 2.15 bits per heavy atom. The van der Waals surface area contributed by atoms with E-state index in [0.717, 1.165) is 18.9 Å². The molecule has 3 heterocycles. The number of pyridine rings is 1. The molecule has 0 bridgehead atoms. The normalized spacial score (nSPS) is 19.1. The third-order valence-corrected chi connectivity index (χ3v) is 3.59. The molecule has 1 aliphatic rings. The van der Waals surface area contributed by atoms with Crippen molar-refractivity contribution in [2.24, 2.45) is 7.05 Å². The molecule has 1 unspecified atom stereocenters. The van der Waals surface area contributed by atoms with E-state index in [-0.39, 0.29) is 11.9 Å². The number of nitrogens with zero attached hydrogens (tertiary/aromatic N) is 4. The summed E-state index contributed by atoms with van der Waals surface area (Å²) in [6, 6.07) is 3.46. The lowest BCUT2D eigenvalue weighted by Crippen LogP contribution is -2.49. The number of rotatable bonds is 2. The monoisotopic (exact) mass is 271 g/mol. The summed E-state index contributed by atoms with van der Waals surface area (Å²) in [6.07, 6.45) is 6.95. The van der Waals surface area contributed by atoms with Crippen molar-refractivity contribution in [2.75, 3.05) is 19.6 Å². The number of nitrogens with one attached hydrogen (secondary N) is 1. The molecule has 0 aromatic carbocycles. The molecule has 1 atom stereocenters. The Morgan fingerprint density at radius 3 is 2.85 bits per heavy atom. The second-order valence-electron chi connectivity index (χ2n) is 4.85. The van der Waals surface area contributed by atoms with Crippen molar-refractivity contribution in [3.8, 4) is 0 Å². The summed E-state index contributed by atoms with van der Waals surface area (Å²) in [7, 11) is 1.95. The second kappa shape index (κ2) is 5.42. The van der Waals surface area contributed by atoms with E-state index in [9.17, 15) is 4.79 Å². The summed E-state index contributed by atoms with van der Waals surface area (Å²) in [5, 5.41) is 3.33. The number of hydrogen-bond acceptors (Lipinski definition) is 4. The first kappa shape index (κ1) is 12.8. The van der Waals surface area contributed by atoms with Crippen LogP contribution in [0.3, 0.4) is 0 Å². The molecule has 3 rings (SSSR count). The van der Waals surface area contributed by atoms with Crippen LogP contribution in [0, 0.1) is 0 Å². The van der Waals surface area contributed by atoms with Crippen molar-refractivity contribution in [3.63, 3.8) is 0 Å². The van der Waals surface area contributed by atoms with Crippen LogP contribution in [0.15, 0.2) is 36.9 Å². The fourth-order valence-electron chi connectivity index (χ4n) is 2.54. The Bertz CT molecular complexity index is 595. The van der Waals surface area contributed by atoms with Crippen LogP contribution in [0.2, 0.25) is 0 Å². The third kappa shape index (κ3) is 2.30. The minimum Gasteiger partial charge on any atom is -0.336 e. The van der Waals surface area contributed by atoms with Gasteiger partial charge in [-0.2, -0.15) is 0 Å². The third-order valence-electron chi connectivity index (χ3n) is 3.59. The number of aryl methyl sites for hydroxylation is 1. The van der Waals surface area contributed by atoms with Crippen molar-refractivity contribution in [3.05, 3.63) is 48.3 Å². The number of imidazole rings is 1. The zero-order valence-electron chi connectivity index (χ0n) is 11.4. The number of piperazine rings is 1. The van der Waals surface area contributed by atoms with Gasteiger partial charge in [-0.15, -0.1) is 0 Å². The van der Waals surface area contributed by atoms with Gasteiger partial charge in [0, 0.05) is 57.0 Å². The summed E-state index contributed by atoms with van der Waals surface area (Å²) in [6.45, 7) is 2.21. The highest BCUT2D eigenvalue weighted by atomic mass is 16.2. The quantitative estimate of drug-likeness (QED) is 0.869. The van der Waals surface area contributed by atoms with Crippen LogP contribution in [0.25, 0.3) is 0 Å². The average molecular weight is 271 g/mol. The molecule has 1 aliphatic heterocycles. The molecule has 1 amide bonds. The molecule has 1 N–H and O–H groups in total. The fraction of sp³-hybridized carbons (Fsp3) is 0.357. The molecule has 0 radical (unpaired) electrons. The molecule has 6 heteroatoms. The first-order valence-electron chi connectivity index (χ1n) is 6.66. The van der Waals surface area contributed by atoms with E-state index in [0.29, 0.717) is 12.1 Å². The number of aromatic nitrogens is 3. The van der Waals surface area contributed by atoms with Crippen LogP contribution in [-0.2, 0) is 7.05 Å². The largest absolute Gasteiger partial charge is 0.336 e. The van der Waals surface area contributed by atoms with Gasteiger partial charge in [-0.25, -0.2) is 4.98 Å². The molecule has 6 nitrogen and oxygen atoms in total. The van der Waals surface area contributed by atoms with Crippen molar-refractivity contribution in [2.45, 2.75) is 6.04 Å². The maximum Gasteiger partial charge on any atom is 0.254 e. The predicted octanol–water partition coefficient (Wildman–Crippen LogP) is 0.602. The lowest BCUT2D eigenvalue weighted by atomic mass is 10.1. The zero-order chi connectivity index (χ0) is 13.9. The van der Waals surface area contributed by atoms with Crippen molar-refractivity contribution < 1.29 is 4.79 Å². The van der Waals surface area contributed by atoms with Gasteiger partial charge in [0.05, 0.1) is 0 Å². The van der Waals surface area contributed by atoms with E-state index in [1.165, 1.54) is 0 Å². The Morgan fingerprint density at radius 1 is 1.35 bits per heavy atom. The van der Waals surface area contributed by atoms with Gasteiger partial charge >= 0.3 is 0 Å². The molecule has 0 saturated carbocycles. The molecule has 2 aromatic rings. The SMILES string of the molecule is Cn1ccnc1C1CNCCN1C(=O)c1ccncc1. The Labute approximate surface area is 117 Å². The lowest BCUT2D eigenvalue weighted by Gasteiger charge is -2.35. The topological polar surface area (TPSA) is 63.1 Å². The van der Waals surface area contributed by atoms with Crippen LogP contribution in [0.1, 0.15) is 22.2 Å². The van der Waals surface area contributed by atoms with Gasteiger partial charge in [0.15, 0.2) is 0 Å². The summed E-state index contributed by atoms with van der Waals surface area (Å²) in [5.41, 5.74) is 0.668. The molecule has 1 saturated heterocycles. The number of carbonyl (C=O) groups is 1. The van der Waals surface area contributed by atoms with Crippen LogP contribution >= 0.6 is 0 Å². The van der Waals surface area contributed by atoms with E-state index in [4.69, 9.17) is 0 Å². The molecule has 0 aliphatic carbocycles. The van der Waals surface area contributed by atoms with Gasteiger partial charge in [-0.1, -0.05) is 0 Å². The van der Waals surface area contributed by atoms with Gasteiger partial charge in [0.25, 0.3) is 5.91 Å². The Kier molecular flexibility index (Phi) is 3.47. The highest BCUT2D eigenvalue weighted by Crippen LogP contribution is 2.22. The van der Waals surface area contributed by atoms with Gasteiger partial charge in [0.2, 0.25) is 0 Å². The van der Waals surface area contributed by atoms with E-state index in [1.54, 1.807) is 30.7 Å². The van der Waals surface area contributed by atoms with Crippen molar-refractivity contribution in [1.82, 2.24) is 24.8 Å². The summed E-state index contributed by atoms with van der Waals surface area (Å²) in [4.78, 5) is 22.9. The number of hydrogen-bond donors (Lipinski definition) is 1. The lowest BCUT2D eigenvalue weighted by molar-refractivity contribution is 0.0620. The molecule has 1 fully saturated rings. The van der Waals surface area contributed by atoms with Crippen LogP contribution in [-0.4, -0.2) is 45.0 Å². The average Bonchev–Trinajstić information content (AvgIpc) is 2.93. The molecule has 0 spiro atoms. The molecule has 104 valence electrons. The summed E-state index contributed by atoms with van der Waals surface area (Å²) >= 11 is 0. The molecular formula is C14H17N5O. The maximum atomic E-state index is 12.6. The molecular weight excluding hydrogens is 254 g/mol. The van der Waals surface area contributed by atoms with E-state index in [1.807, 2.05) is 22.7 Å². The Hall–Kier alpha value is -2.21.